The number of hydrogen-bond acceptors (Lipinski definition) is 5. The normalized spacial score (nSPS) is 24.0. The lowest BCUT2D eigenvalue weighted by atomic mass is 9.85. The molecule has 0 aromatic carbocycles. The van der Waals surface area contributed by atoms with Crippen LogP contribution in [0.2, 0.25) is 0 Å². The van der Waals surface area contributed by atoms with Gasteiger partial charge in [-0.05, 0) is 24.8 Å². The largest absolute Gasteiger partial charge is 0.355 e. The monoisotopic (exact) mass is 340 g/mol. The summed E-state index contributed by atoms with van der Waals surface area (Å²) in [6, 6.07) is 4.11. The van der Waals surface area contributed by atoms with Crippen LogP contribution < -0.4 is 10.2 Å². The van der Waals surface area contributed by atoms with Gasteiger partial charge >= 0.3 is 0 Å². The van der Waals surface area contributed by atoms with E-state index in [4.69, 9.17) is 0 Å². The van der Waals surface area contributed by atoms with Gasteiger partial charge in [-0.1, -0.05) is 19.8 Å². The maximum Gasteiger partial charge on any atom is 0.226 e. The molecule has 0 bridgehead atoms. The second-order valence-electron chi connectivity index (χ2n) is 7.16. The summed E-state index contributed by atoms with van der Waals surface area (Å²) in [5, 5.41) is 7.45. The first-order valence-electron chi connectivity index (χ1n) is 9.08. The summed E-state index contributed by atoms with van der Waals surface area (Å²) in [7, 11) is 0. The van der Waals surface area contributed by atoms with Gasteiger partial charge in [-0.25, -0.2) is 14.6 Å². The minimum atomic E-state index is 0.0530. The molecule has 0 unspecified atom stereocenters. The first-order chi connectivity index (χ1) is 12.2. The lowest BCUT2D eigenvalue weighted by Crippen LogP contribution is -2.56. The van der Waals surface area contributed by atoms with Gasteiger partial charge in [-0.15, -0.1) is 0 Å². The van der Waals surface area contributed by atoms with Crippen molar-refractivity contribution in [3.63, 3.8) is 0 Å². The van der Waals surface area contributed by atoms with Crippen LogP contribution in [0.25, 0.3) is 5.82 Å². The summed E-state index contributed by atoms with van der Waals surface area (Å²) < 4.78 is 1.71. The molecule has 2 atom stereocenters. The zero-order valence-corrected chi connectivity index (χ0v) is 14.5. The topological polar surface area (TPSA) is 75.9 Å². The number of amides is 1. The molecule has 4 rings (SSSR count). The summed E-state index contributed by atoms with van der Waals surface area (Å²) in [6.45, 7) is 3.67. The van der Waals surface area contributed by atoms with Gasteiger partial charge in [-0.2, -0.15) is 5.10 Å². The molecule has 1 saturated carbocycles. The van der Waals surface area contributed by atoms with E-state index in [1.54, 1.807) is 17.2 Å². The Balaban J connectivity index is 1.34. The standard InChI is InChI=1S/C18H24N6O/c1-13-5-2-3-6-15(13)22-18(25)14-10-23(11-14)16-9-17(20-12-19-16)24-8-4-7-21-24/h4,7-9,12-15H,2-3,5-6,10-11H2,1H3,(H,22,25)/t13-,15-/m0/s1. The predicted molar refractivity (Wildman–Crippen MR) is 94.4 cm³/mol. The molecule has 1 N–H and O–H groups in total. The minimum Gasteiger partial charge on any atom is -0.355 e. The average molecular weight is 340 g/mol. The zero-order chi connectivity index (χ0) is 17.2. The van der Waals surface area contributed by atoms with Gasteiger partial charge in [0.15, 0.2) is 5.82 Å². The molecule has 7 nitrogen and oxygen atoms in total. The van der Waals surface area contributed by atoms with Crippen molar-refractivity contribution < 1.29 is 4.79 Å². The SMILES string of the molecule is C[C@H]1CCCC[C@@H]1NC(=O)C1CN(c2cc(-n3cccn3)ncn2)C1. The van der Waals surface area contributed by atoms with Crippen molar-refractivity contribution in [2.24, 2.45) is 11.8 Å². The molecule has 1 amide bonds. The van der Waals surface area contributed by atoms with Crippen LogP contribution in [0.4, 0.5) is 5.82 Å². The van der Waals surface area contributed by atoms with Crippen molar-refractivity contribution in [3.8, 4) is 5.82 Å². The maximum atomic E-state index is 12.5. The first-order valence-corrected chi connectivity index (χ1v) is 9.08. The molecule has 3 heterocycles. The fraction of sp³-hybridized carbons (Fsp3) is 0.556. The van der Waals surface area contributed by atoms with Gasteiger partial charge in [0.05, 0.1) is 5.92 Å². The van der Waals surface area contributed by atoms with E-state index in [9.17, 15) is 4.79 Å². The third-order valence-corrected chi connectivity index (χ3v) is 5.39. The van der Waals surface area contributed by atoms with Gasteiger partial charge in [0.1, 0.15) is 12.1 Å². The highest BCUT2D eigenvalue weighted by Crippen LogP contribution is 2.26. The van der Waals surface area contributed by atoms with Gasteiger partial charge in [-0.3, -0.25) is 4.79 Å². The number of nitrogens with zero attached hydrogens (tertiary/aromatic N) is 5. The average Bonchev–Trinajstić information content (AvgIpc) is 3.10. The Morgan fingerprint density at radius 2 is 2.00 bits per heavy atom. The second kappa shape index (κ2) is 6.82. The fourth-order valence-corrected chi connectivity index (χ4v) is 3.70. The van der Waals surface area contributed by atoms with Crippen molar-refractivity contribution >= 4 is 11.7 Å². The number of anilines is 1. The third kappa shape index (κ3) is 3.36. The number of carbonyl (C=O) groups is 1. The van der Waals surface area contributed by atoms with Gasteiger partial charge in [0, 0.05) is 37.6 Å². The van der Waals surface area contributed by atoms with Crippen LogP contribution in [0.15, 0.2) is 30.9 Å². The lowest BCUT2D eigenvalue weighted by molar-refractivity contribution is -0.127. The Morgan fingerprint density at radius 3 is 2.76 bits per heavy atom. The van der Waals surface area contributed by atoms with E-state index in [0.717, 1.165) is 18.1 Å². The van der Waals surface area contributed by atoms with E-state index in [0.29, 0.717) is 25.0 Å². The van der Waals surface area contributed by atoms with Crippen LogP contribution in [0.1, 0.15) is 32.6 Å². The van der Waals surface area contributed by atoms with Crippen LogP contribution in [0.5, 0.6) is 0 Å². The van der Waals surface area contributed by atoms with E-state index in [2.05, 4.69) is 32.2 Å². The Bertz CT molecular complexity index is 725. The number of rotatable bonds is 4. The summed E-state index contributed by atoms with van der Waals surface area (Å²) in [5.41, 5.74) is 0. The zero-order valence-electron chi connectivity index (χ0n) is 14.5. The number of carbonyl (C=O) groups excluding carboxylic acids is 1. The van der Waals surface area contributed by atoms with Crippen LogP contribution in [-0.4, -0.2) is 44.8 Å². The summed E-state index contributed by atoms with van der Waals surface area (Å²) in [6.07, 6.45) is 9.97. The van der Waals surface area contributed by atoms with Crippen LogP contribution in [0.3, 0.4) is 0 Å². The Labute approximate surface area is 147 Å². The van der Waals surface area contributed by atoms with E-state index in [1.165, 1.54) is 19.3 Å². The summed E-state index contributed by atoms with van der Waals surface area (Å²) in [4.78, 5) is 23.2. The molecule has 2 aliphatic rings. The van der Waals surface area contributed by atoms with Crippen molar-refractivity contribution in [2.75, 3.05) is 18.0 Å². The molecular formula is C18H24N6O. The molecular weight excluding hydrogens is 316 g/mol. The van der Waals surface area contributed by atoms with E-state index in [-0.39, 0.29) is 11.8 Å². The van der Waals surface area contributed by atoms with E-state index in [1.807, 2.05) is 18.3 Å². The van der Waals surface area contributed by atoms with Crippen LogP contribution in [0, 0.1) is 11.8 Å². The van der Waals surface area contributed by atoms with Gasteiger partial charge in [0.2, 0.25) is 5.91 Å². The van der Waals surface area contributed by atoms with E-state index >= 15 is 0 Å². The summed E-state index contributed by atoms with van der Waals surface area (Å²) in [5.74, 6) is 2.41. The van der Waals surface area contributed by atoms with Crippen LogP contribution in [-0.2, 0) is 4.79 Å². The molecule has 2 fully saturated rings. The fourth-order valence-electron chi connectivity index (χ4n) is 3.70. The summed E-state index contributed by atoms with van der Waals surface area (Å²) >= 11 is 0. The van der Waals surface area contributed by atoms with E-state index < -0.39 is 0 Å². The molecule has 132 valence electrons. The highest BCUT2D eigenvalue weighted by atomic mass is 16.2. The lowest BCUT2D eigenvalue weighted by Gasteiger charge is -2.40. The molecule has 1 saturated heterocycles. The number of aromatic nitrogens is 4. The molecule has 1 aliphatic carbocycles. The molecule has 0 spiro atoms. The predicted octanol–water partition coefficient (Wildman–Crippen LogP) is 1.79. The minimum absolute atomic E-state index is 0.0530. The van der Waals surface area contributed by atoms with Crippen molar-refractivity contribution in [3.05, 3.63) is 30.9 Å². The Kier molecular flexibility index (Phi) is 4.38. The molecule has 2 aromatic heterocycles. The van der Waals surface area contributed by atoms with Crippen LogP contribution >= 0.6 is 0 Å². The smallest absolute Gasteiger partial charge is 0.226 e. The third-order valence-electron chi connectivity index (χ3n) is 5.39. The van der Waals surface area contributed by atoms with Crippen molar-refractivity contribution in [1.29, 1.82) is 0 Å². The van der Waals surface area contributed by atoms with Crippen molar-refractivity contribution in [2.45, 2.75) is 38.6 Å². The first kappa shape index (κ1) is 16.1. The molecule has 25 heavy (non-hydrogen) atoms. The quantitative estimate of drug-likeness (QED) is 0.918. The number of hydrogen-bond donors (Lipinski definition) is 1. The van der Waals surface area contributed by atoms with Gasteiger partial charge in [0.25, 0.3) is 0 Å². The number of nitrogens with one attached hydrogen (secondary N) is 1. The Morgan fingerprint density at radius 1 is 1.20 bits per heavy atom. The molecule has 2 aromatic rings. The molecule has 0 radical (unpaired) electrons. The van der Waals surface area contributed by atoms with Crippen molar-refractivity contribution in [1.82, 2.24) is 25.1 Å². The molecule has 1 aliphatic heterocycles. The molecule has 7 heteroatoms. The van der Waals surface area contributed by atoms with Gasteiger partial charge < -0.3 is 10.2 Å². The highest BCUT2D eigenvalue weighted by molar-refractivity contribution is 5.82. The second-order valence-corrected chi connectivity index (χ2v) is 7.16. The highest BCUT2D eigenvalue weighted by Gasteiger charge is 2.35. The maximum absolute atomic E-state index is 12.5. The Hall–Kier alpha value is -2.44.